The Morgan fingerprint density at radius 2 is 1.84 bits per heavy atom. The highest BCUT2D eigenvalue weighted by molar-refractivity contribution is 4.91. The zero-order chi connectivity index (χ0) is 14.7. The van der Waals surface area contributed by atoms with Crippen LogP contribution in [0.1, 0.15) is 40.0 Å². The Bertz CT molecular complexity index is 261. The topological polar surface area (TPSA) is 45.5 Å². The third-order valence-corrected chi connectivity index (χ3v) is 3.41. The minimum absolute atomic E-state index is 0.199. The molecule has 1 atom stereocenters. The highest BCUT2D eigenvalue weighted by Gasteiger charge is 2.17. The zero-order valence-corrected chi connectivity index (χ0v) is 13.2. The minimum atomic E-state index is -0.199. The molecule has 4 heteroatoms. The molecule has 0 aromatic rings. The quantitative estimate of drug-likeness (QED) is 0.542. The van der Waals surface area contributed by atoms with Gasteiger partial charge in [0.05, 0.1) is 24.7 Å². The lowest BCUT2D eigenvalue weighted by molar-refractivity contribution is 0.0736. The first-order valence-electron chi connectivity index (χ1n) is 7.10. The van der Waals surface area contributed by atoms with Crippen LogP contribution in [0.25, 0.3) is 0 Å². The summed E-state index contributed by atoms with van der Waals surface area (Å²) in [4.78, 5) is 2.40. The van der Waals surface area contributed by atoms with Crippen LogP contribution in [0.4, 0.5) is 0 Å². The summed E-state index contributed by atoms with van der Waals surface area (Å²) in [5, 5.41) is 8.98. The number of ether oxygens (including phenoxy) is 2. The molecule has 0 aliphatic heterocycles. The van der Waals surface area contributed by atoms with E-state index in [9.17, 15) is 0 Å². The Morgan fingerprint density at radius 3 is 2.37 bits per heavy atom. The maximum absolute atomic E-state index is 8.98. The number of unbranched alkanes of at least 4 members (excludes halogenated alkanes) is 1. The molecule has 0 N–H and O–H groups in total. The molecule has 0 heterocycles. The zero-order valence-electron chi connectivity index (χ0n) is 13.2. The second kappa shape index (κ2) is 10.2. The van der Waals surface area contributed by atoms with Crippen molar-refractivity contribution in [2.75, 3.05) is 40.5 Å². The number of nitriles is 1. The van der Waals surface area contributed by atoms with Crippen LogP contribution in [0.2, 0.25) is 0 Å². The van der Waals surface area contributed by atoms with Gasteiger partial charge in [0, 0.05) is 26.8 Å². The summed E-state index contributed by atoms with van der Waals surface area (Å²) in [7, 11) is 3.47. The molecular weight excluding hydrogens is 240 g/mol. The smallest absolute Gasteiger partial charge is 0.0683 e. The van der Waals surface area contributed by atoms with Gasteiger partial charge in [-0.1, -0.05) is 6.42 Å². The summed E-state index contributed by atoms with van der Waals surface area (Å²) >= 11 is 0. The van der Waals surface area contributed by atoms with Crippen LogP contribution in [0.5, 0.6) is 0 Å². The first-order chi connectivity index (χ1) is 8.96. The standard InChI is InChI=1S/C15H30N2O2/c1-14(12-19-5)17(10-11-18-4)9-7-6-8-15(2,3)13-16/h14H,6-12H2,1-5H3. The number of rotatable bonds is 11. The predicted molar refractivity (Wildman–Crippen MR) is 78.0 cm³/mol. The second-order valence-electron chi connectivity index (χ2n) is 5.79. The van der Waals surface area contributed by atoms with E-state index in [0.29, 0.717) is 6.04 Å². The Balaban J connectivity index is 4.02. The van der Waals surface area contributed by atoms with Crippen LogP contribution in [0.15, 0.2) is 0 Å². The van der Waals surface area contributed by atoms with Gasteiger partial charge < -0.3 is 9.47 Å². The molecule has 0 radical (unpaired) electrons. The molecule has 0 bridgehead atoms. The van der Waals surface area contributed by atoms with Gasteiger partial charge in [-0.15, -0.1) is 0 Å². The molecule has 0 fully saturated rings. The van der Waals surface area contributed by atoms with Crippen molar-refractivity contribution in [3.05, 3.63) is 0 Å². The lowest BCUT2D eigenvalue weighted by Crippen LogP contribution is -2.39. The average Bonchev–Trinajstić information content (AvgIpc) is 2.38. The Morgan fingerprint density at radius 1 is 1.16 bits per heavy atom. The third kappa shape index (κ3) is 8.99. The molecule has 1 unspecified atom stereocenters. The van der Waals surface area contributed by atoms with Gasteiger partial charge in [0.25, 0.3) is 0 Å². The molecule has 0 aliphatic carbocycles. The molecule has 0 saturated carbocycles. The number of hydrogen-bond donors (Lipinski definition) is 0. The highest BCUT2D eigenvalue weighted by atomic mass is 16.5. The molecule has 0 aliphatic rings. The van der Waals surface area contributed by atoms with Gasteiger partial charge in [0.2, 0.25) is 0 Å². The van der Waals surface area contributed by atoms with E-state index in [1.165, 1.54) is 0 Å². The van der Waals surface area contributed by atoms with E-state index >= 15 is 0 Å². The molecule has 0 amide bonds. The van der Waals surface area contributed by atoms with Crippen LogP contribution in [0.3, 0.4) is 0 Å². The number of nitrogens with zero attached hydrogens (tertiary/aromatic N) is 2. The molecule has 0 aromatic heterocycles. The average molecular weight is 270 g/mol. The van der Waals surface area contributed by atoms with Crippen molar-refractivity contribution in [1.82, 2.24) is 4.90 Å². The van der Waals surface area contributed by atoms with E-state index in [0.717, 1.165) is 45.6 Å². The van der Waals surface area contributed by atoms with Crippen LogP contribution >= 0.6 is 0 Å². The molecule has 112 valence electrons. The van der Waals surface area contributed by atoms with Crippen LogP contribution in [-0.4, -0.2) is 51.5 Å². The Labute approximate surface area is 118 Å². The fourth-order valence-corrected chi connectivity index (χ4v) is 2.05. The molecular formula is C15H30N2O2. The molecule has 0 aromatic carbocycles. The van der Waals surface area contributed by atoms with Gasteiger partial charge >= 0.3 is 0 Å². The van der Waals surface area contributed by atoms with E-state index in [2.05, 4.69) is 17.9 Å². The third-order valence-electron chi connectivity index (χ3n) is 3.41. The highest BCUT2D eigenvalue weighted by Crippen LogP contribution is 2.21. The largest absolute Gasteiger partial charge is 0.383 e. The predicted octanol–water partition coefficient (Wildman–Crippen LogP) is 2.69. The van der Waals surface area contributed by atoms with Crippen molar-refractivity contribution in [2.24, 2.45) is 5.41 Å². The van der Waals surface area contributed by atoms with Crippen molar-refractivity contribution in [3.8, 4) is 6.07 Å². The van der Waals surface area contributed by atoms with Crippen molar-refractivity contribution in [1.29, 1.82) is 5.26 Å². The number of methoxy groups -OCH3 is 2. The first kappa shape index (κ1) is 18.4. The monoisotopic (exact) mass is 270 g/mol. The Hall–Kier alpha value is -0.630. The molecule has 4 nitrogen and oxygen atoms in total. The van der Waals surface area contributed by atoms with Gasteiger partial charge in [0.1, 0.15) is 0 Å². The van der Waals surface area contributed by atoms with Crippen molar-refractivity contribution < 1.29 is 9.47 Å². The minimum Gasteiger partial charge on any atom is -0.383 e. The summed E-state index contributed by atoms with van der Waals surface area (Å²) in [5.74, 6) is 0. The van der Waals surface area contributed by atoms with Crippen LogP contribution < -0.4 is 0 Å². The summed E-state index contributed by atoms with van der Waals surface area (Å²) in [6, 6.07) is 2.76. The molecule has 0 saturated heterocycles. The lowest BCUT2D eigenvalue weighted by Gasteiger charge is -2.28. The summed E-state index contributed by atoms with van der Waals surface area (Å²) in [5.41, 5.74) is -0.199. The summed E-state index contributed by atoms with van der Waals surface area (Å²) < 4.78 is 10.4. The van der Waals surface area contributed by atoms with Crippen molar-refractivity contribution >= 4 is 0 Å². The van der Waals surface area contributed by atoms with Crippen molar-refractivity contribution in [3.63, 3.8) is 0 Å². The fraction of sp³-hybridized carbons (Fsp3) is 0.933. The lowest BCUT2D eigenvalue weighted by atomic mass is 9.89. The maximum atomic E-state index is 8.98. The van der Waals surface area contributed by atoms with E-state index in [1.807, 2.05) is 13.8 Å². The van der Waals surface area contributed by atoms with E-state index < -0.39 is 0 Å². The summed E-state index contributed by atoms with van der Waals surface area (Å²) in [6.07, 6.45) is 3.16. The van der Waals surface area contributed by atoms with Gasteiger partial charge in [-0.2, -0.15) is 5.26 Å². The van der Waals surface area contributed by atoms with Gasteiger partial charge in [-0.3, -0.25) is 4.90 Å². The summed E-state index contributed by atoms with van der Waals surface area (Å²) in [6.45, 7) is 9.65. The molecule has 0 spiro atoms. The Kier molecular flexibility index (Phi) is 9.85. The maximum Gasteiger partial charge on any atom is 0.0683 e. The van der Waals surface area contributed by atoms with Crippen LogP contribution in [-0.2, 0) is 9.47 Å². The van der Waals surface area contributed by atoms with Gasteiger partial charge in [-0.25, -0.2) is 0 Å². The fourth-order valence-electron chi connectivity index (χ4n) is 2.05. The van der Waals surface area contributed by atoms with E-state index in [4.69, 9.17) is 14.7 Å². The normalized spacial score (nSPS) is 13.5. The number of hydrogen-bond acceptors (Lipinski definition) is 4. The second-order valence-corrected chi connectivity index (χ2v) is 5.79. The van der Waals surface area contributed by atoms with Gasteiger partial charge in [0.15, 0.2) is 0 Å². The van der Waals surface area contributed by atoms with Gasteiger partial charge in [-0.05, 0) is 40.2 Å². The first-order valence-corrected chi connectivity index (χ1v) is 7.10. The SMILES string of the molecule is COCCN(CCCCC(C)(C)C#N)C(C)COC. The molecule has 19 heavy (non-hydrogen) atoms. The van der Waals surface area contributed by atoms with E-state index in [1.54, 1.807) is 14.2 Å². The van der Waals surface area contributed by atoms with Crippen LogP contribution in [0, 0.1) is 16.7 Å². The van der Waals surface area contributed by atoms with E-state index in [-0.39, 0.29) is 5.41 Å². The van der Waals surface area contributed by atoms with Crippen molar-refractivity contribution in [2.45, 2.75) is 46.1 Å². The molecule has 0 rings (SSSR count).